The Balaban J connectivity index is 1.37. The molecule has 144 valence electrons. The molecule has 1 amide bonds. The lowest BCUT2D eigenvalue weighted by atomic mass is 10.1. The third-order valence-electron chi connectivity index (χ3n) is 5.04. The van der Waals surface area contributed by atoms with Gasteiger partial charge in [0.1, 0.15) is 21.9 Å². The Morgan fingerprint density at radius 2 is 2.25 bits per heavy atom. The zero-order valence-corrected chi connectivity index (χ0v) is 15.7. The Morgan fingerprint density at radius 3 is 2.96 bits per heavy atom. The van der Waals surface area contributed by atoms with Gasteiger partial charge < -0.3 is 9.80 Å². The molecule has 5 rings (SSSR count). The van der Waals surface area contributed by atoms with E-state index in [1.807, 2.05) is 17.0 Å². The molecule has 3 aromatic rings. The Kier molecular flexibility index (Phi) is 3.38. The monoisotopic (exact) mass is 404 g/mol. The second-order valence-corrected chi connectivity index (χ2v) is 7.88. The van der Waals surface area contributed by atoms with Crippen LogP contribution in [0.3, 0.4) is 0 Å². The van der Waals surface area contributed by atoms with Crippen LogP contribution in [0.1, 0.15) is 25.9 Å². The van der Waals surface area contributed by atoms with E-state index in [0.717, 1.165) is 21.8 Å². The van der Waals surface area contributed by atoms with Crippen LogP contribution in [0.2, 0.25) is 0 Å². The van der Waals surface area contributed by atoms with Crippen LogP contribution in [-0.4, -0.2) is 51.5 Å². The Morgan fingerprint density at radius 1 is 1.32 bits per heavy atom. The Bertz CT molecular complexity index is 1130. The van der Waals surface area contributed by atoms with Crippen molar-refractivity contribution in [3.8, 4) is 10.6 Å². The molecule has 2 aliphatic rings. The molecule has 1 fully saturated rings. The highest BCUT2D eigenvalue weighted by atomic mass is 32.1. The van der Waals surface area contributed by atoms with Gasteiger partial charge in [0.05, 0.1) is 24.1 Å². The zero-order valence-electron chi connectivity index (χ0n) is 17.9. The molecule has 9 heteroatoms. The van der Waals surface area contributed by atoms with E-state index < -0.39 is 13.1 Å². The third-order valence-corrected chi connectivity index (χ3v) is 6.17. The van der Waals surface area contributed by atoms with Crippen molar-refractivity contribution in [1.29, 1.82) is 0 Å². The fraction of sp³-hybridized carbons (Fsp3) is 0.368. The number of anilines is 2. The third kappa shape index (κ3) is 2.95. The van der Waals surface area contributed by atoms with Gasteiger partial charge in [0.25, 0.3) is 5.91 Å². The van der Waals surface area contributed by atoms with E-state index in [9.17, 15) is 9.18 Å². The van der Waals surface area contributed by atoms with Crippen molar-refractivity contribution < 1.29 is 13.3 Å². The summed E-state index contributed by atoms with van der Waals surface area (Å²) < 4.78 is 36.6. The topological polar surface area (TPSA) is 67.2 Å². The minimum absolute atomic E-state index is 0.217. The first kappa shape index (κ1) is 14.2. The van der Waals surface area contributed by atoms with Crippen LogP contribution in [-0.2, 0) is 13.4 Å². The van der Waals surface area contributed by atoms with Crippen LogP contribution < -0.4 is 9.80 Å². The lowest BCUT2D eigenvalue weighted by Gasteiger charge is -2.24. The van der Waals surface area contributed by atoms with Crippen LogP contribution in [0.4, 0.5) is 15.9 Å². The van der Waals surface area contributed by atoms with Crippen molar-refractivity contribution in [2.45, 2.75) is 19.0 Å². The summed E-state index contributed by atoms with van der Waals surface area (Å²) in [6.07, 6.45) is 4.72. The molecule has 0 aromatic carbocycles. The fourth-order valence-electron chi connectivity index (χ4n) is 3.58. The number of nitrogens with zero attached hydrogens (tertiary/aromatic N) is 6. The smallest absolute Gasteiger partial charge is 0.270 e. The molecule has 7 nitrogen and oxygen atoms in total. The van der Waals surface area contributed by atoms with Crippen LogP contribution in [0.25, 0.3) is 10.6 Å². The van der Waals surface area contributed by atoms with Gasteiger partial charge in [0, 0.05) is 48.6 Å². The van der Waals surface area contributed by atoms with Crippen LogP contribution in [0.15, 0.2) is 30.7 Å². The van der Waals surface area contributed by atoms with E-state index in [0.29, 0.717) is 48.0 Å². The summed E-state index contributed by atoms with van der Waals surface area (Å²) in [4.78, 5) is 26.1. The molecule has 1 unspecified atom stereocenters. The number of aryl methyl sites for hydroxylation is 1. The van der Waals surface area contributed by atoms with Crippen LogP contribution >= 0.6 is 11.3 Å². The van der Waals surface area contributed by atoms with E-state index in [1.165, 1.54) is 28.6 Å². The highest BCUT2D eigenvalue weighted by Gasteiger charge is 2.30. The maximum atomic E-state index is 13.4. The molecule has 5 heterocycles. The molecule has 1 atom stereocenters. The van der Waals surface area contributed by atoms with E-state index >= 15 is 0 Å². The number of thiazole rings is 1. The van der Waals surface area contributed by atoms with Crippen molar-refractivity contribution in [1.82, 2.24) is 19.7 Å². The fourth-order valence-corrected chi connectivity index (χ4v) is 4.63. The van der Waals surface area contributed by atoms with E-state index in [4.69, 9.17) is 4.11 Å². The van der Waals surface area contributed by atoms with E-state index in [2.05, 4.69) is 15.1 Å². The lowest BCUT2D eigenvalue weighted by Crippen LogP contribution is -2.36. The lowest BCUT2D eigenvalue weighted by molar-refractivity contribution is 0.0984. The van der Waals surface area contributed by atoms with Gasteiger partial charge in [-0.05, 0) is 18.6 Å². The molecule has 1 saturated heterocycles. The number of carbonyl (C=O) groups excluding carboxylic acids is 1. The molecule has 0 radical (unpaired) electrons. The number of amides is 1. The second-order valence-electron chi connectivity index (χ2n) is 6.88. The molecule has 2 aliphatic heterocycles. The van der Waals surface area contributed by atoms with Gasteiger partial charge in [-0.25, -0.2) is 14.4 Å². The van der Waals surface area contributed by atoms with Crippen molar-refractivity contribution in [2.75, 3.05) is 29.4 Å². The zero-order chi connectivity index (χ0) is 21.8. The van der Waals surface area contributed by atoms with Gasteiger partial charge in [-0.1, -0.05) is 0 Å². The predicted octanol–water partition coefficient (Wildman–Crippen LogP) is 2.69. The van der Waals surface area contributed by atoms with E-state index in [-0.39, 0.29) is 5.91 Å². The van der Waals surface area contributed by atoms with Crippen molar-refractivity contribution in [3.05, 3.63) is 41.3 Å². The molecule has 0 N–H and O–H groups in total. The second kappa shape index (κ2) is 6.66. The molecule has 0 spiro atoms. The van der Waals surface area contributed by atoms with E-state index in [1.54, 1.807) is 6.20 Å². The Labute approximate surface area is 169 Å². The summed E-state index contributed by atoms with van der Waals surface area (Å²) in [7, 11) is 0. The van der Waals surface area contributed by atoms with Gasteiger partial charge in [-0.3, -0.25) is 9.48 Å². The Hall–Kier alpha value is -2.81. The van der Waals surface area contributed by atoms with Crippen LogP contribution in [0, 0.1) is 0 Å². The van der Waals surface area contributed by atoms with Gasteiger partial charge >= 0.3 is 0 Å². The number of hydrogen-bond donors (Lipinski definition) is 0. The molecule has 0 bridgehead atoms. The number of hydrogen-bond acceptors (Lipinski definition) is 6. The maximum absolute atomic E-state index is 13.4. The summed E-state index contributed by atoms with van der Waals surface area (Å²) in [6.45, 7) is -0.972. The average Bonchev–Trinajstić information content (AvgIpc) is 3.47. The summed E-state index contributed by atoms with van der Waals surface area (Å²) in [5.74, 6) is 0.518. The number of carbonyl (C=O) groups is 1. The minimum atomic E-state index is -2.39. The molecule has 28 heavy (non-hydrogen) atoms. The largest absolute Gasteiger partial charge is 0.354 e. The van der Waals surface area contributed by atoms with Gasteiger partial charge in [0.15, 0.2) is 0 Å². The molecule has 0 aliphatic carbocycles. The number of aromatic nitrogens is 4. The summed E-state index contributed by atoms with van der Waals surface area (Å²) >= 11 is 1.29. The first-order chi connectivity index (χ1) is 14.8. The number of pyridine rings is 1. The van der Waals surface area contributed by atoms with Gasteiger partial charge in [0.2, 0.25) is 0 Å². The molecular formula is C19H19FN6OS. The normalized spacial score (nSPS) is 21.4. The van der Waals surface area contributed by atoms with Gasteiger partial charge in [-0.15, -0.1) is 11.3 Å². The number of alkyl halides is 1. The minimum Gasteiger partial charge on any atom is -0.354 e. The molecular weight excluding hydrogens is 379 g/mol. The number of fused-ring (bicyclic) bond motifs is 1. The van der Waals surface area contributed by atoms with Crippen molar-refractivity contribution >= 4 is 28.7 Å². The highest BCUT2D eigenvalue weighted by molar-refractivity contribution is 7.17. The molecule has 3 aromatic heterocycles. The first-order valence-electron chi connectivity index (χ1n) is 10.5. The standard InChI is InChI=1S/C19H19FN6OS/c1-24-11-14(9-22-24)26-7-5-15-17(19(26)27)28-18(23-15)12-2-3-16(21-8-12)25-6-4-13(20)10-25/h2-3,8-9,11,13H,4-7,10H2,1H3/i1T3. The van der Waals surface area contributed by atoms with Crippen molar-refractivity contribution in [3.63, 3.8) is 0 Å². The number of halogens is 1. The maximum Gasteiger partial charge on any atom is 0.270 e. The summed E-state index contributed by atoms with van der Waals surface area (Å²) in [6, 6.07) is 3.74. The summed E-state index contributed by atoms with van der Waals surface area (Å²) in [5, 5.41) is 4.56. The highest BCUT2D eigenvalue weighted by Crippen LogP contribution is 2.33. The number of rotatable bonds is 3. The average molecular weight is 404 g/mol. The first-order valence-corrected chi connectivity index (χ1v) is 9.83. The van der Waals surface area contributed by atoms with Crippen molar-refractivity contribution in [2.24, 2.45) is 6.98 Å². The predicted molar refractivity (Wildman–Crippen MR) is 106 cm³/mol. The SMILES string of the molecule is [3H]C([3H])([3H])n1cc(N2CCc3nc(-c4ccc(N5CCC(F)C5)nc4)sc3C2=O)cn1. The quantitative estimate of drug-likeness (QED) is 0.672. The van der Waals surface area contributed by atoms with Gasteiger partial charge in [-0.2, -0.15) is 5.10 Å². The van der Waals surface area contributed by atoms with Crippen LogP contribution in [0.5, 0.6) is 0 Å². The molecule has 0 saturated carbocycles. The summed E-state index contributed by atoms with van der Waals surface area (Å²) in [5.41, 5.74) is 1.98.